The van der Waals surface area contributed by atoms with Crippen LogP contribution in [0.15, 0.2) is 91.0 Å². The van der Waals surface area contributed by atoms with E-state index < -0.39 is 82.8 Å². The molecule has 0 radical (unpaired) electrons. The minimum atomic E-state index is -5.25. The van der Waals surface area contributed by atoms with Crippen LogP contribution < -0.4 is 14.8 Å². The molecule has 1 amide bonds. The highest BCUT2D eigenvalue weighted by atomic mass is 19.4. The SMILES string of the molecule is O=C(NC(Cc1ccccc1)(c1ccc(OC(F)(F)F)cc1)c1cc(F)cc(OC(F)(F)C(F)F)c1)c1ccc(F)c(C(F)(F)F)c1. The standard InChI is InChI=1S/C31H19F12NO3/c32-21-13-20(14-23(15-21)46-30(39,40)27(34)35)28(16-17-4-2-1-3-5-17,19-7-9-22(10-8-19)47-31(41,42)43)44-26(45)18-6-11-25(33)24(12-18)29(36,37)38/h1-15,27H,16H2,(H,44,45). The van der Waals surface area contributed by atoms with E-state index in [9.17, 15) is 57.5 Å². The van der Waals surface area contributed by atoms with Gasteiger partial charge in [0.15, 0.2) is 0 Å². The van der Waals surface area contributed by atoms with Crippen molar-refractivity contribution in [2.45, 2.75) is 37.0 Å². The molecule has 250 valence electrons. The van der Waals surface area contributed by atoms with Crippen LogP contribution in [0, 0.1) is 11.6 Å². The van der Waals surface area contributed by atoms with Gasteiger partial charge in [-0.15, -0.1) is 13.2 Å². The van der Waals surface area contributed by atoms with E-state index in [2.05, 4.69) is 14.8 Å². The van der Waals surface area contributed by atoms with Crippen LogP contribution in [0.2, 0.25) is 0 Å². The van der Waals surface area contributed by atoms with Crippen LogP contribution in [0.25, 0.3) is 0 Å². The van der Waals surface area contributed by atoms with Crippen molar-refractivity contribution in [3.8, 4) is 11.5 Å². The van der Waals surface area contributed by atoms with E-state index in [1.165, 1.54) is 24.3 Å². The van der Waals surface area contributed by atoms with Gasteiger partial charge in [0, 0.05) is 18.1 Å². The summed E-state index contributed by atoms with van der Waals surface area (Å²) in [4.78, 5) is 13.6. The summed E-state index contributed by atoms with van der Waals surface area (Å²) >= 11 is 0. The van der Waals surface area contributed by atoms with Gasteiger partial charge in [-0.1, -0.05) is 42.5 Å². The number of carbonyl (C=O) groups excluding carboxylic acids is 1. The molecule has 47 heavy (non-hydrogen) atoms. The van der Waals surface area contributed by atoms with E-state index in [-0.39, 0.29) is 11.6 Å². The molecule has 0 aliphatic carbocycles. The topological polar surface area (TPSA) is 47.6 Å². The maximum atomic E-state index is 15.0. The number of carbonyl (C=O) groups is 1. The molecule has 4 aromatic rings. The molecule has 0 saturated heterocycles. The zero-order valence-corrected chi connectivity index (χ0v) is 23.2. The van der Waals surface area contributed by atoms with Crippen LogP contribution in [-0.4, -0.2) is 24.8 Å². The molecule has 0 aliphatic rings. The van der Waals surface area contributed by atoms with Gasteiger partial charge in [0.25, 0.3) is 5.91 Å². The Morgan fingerprint density at radius 2 is 1.34 bits per heavy atom. The molecule has 0 saturated carbocycles. The number of ether oxygens (including phenoxy) is 2. The largest absolute Gasteiger partial charge is 0.573 e. The van der Waals surface area contributed by atoms with Gasteiger partial charge in [0.1, 0.15) is 23.1 Å². The molecular weight excluding hydrogens is 662 g/mol. The van der Waals surface area contributed by atoms with Crippen LogP contribution >= 0.6 is 0 Å². The molecular formula is C31H19F12NO3. The summed E-state index contributed by atoms with van der Waals surface area (Å²) in [5.74, 6) is -6.40. The molecule has 0 heterocycles. The molecule has 0 aliphatic heterocycles. The van der Waals surface area contributed by atoms with Crippen molar-refractivity contribution in [3.63, 3.8) is 0 Å². The summed E-state index contributed by atoms with van der Waals surface area (Å²) in [5, 5.41) is 2.38. The van der Waals surface area contributed by atoms with Crippen molar-refractivity contribution in [2.75, 3.05) is 0 Å². The van der Waals surface area contributed by atoms with Crippen LogP contribution in [0.3, 0.4) is 0 Å². The lowest BCUT2D eigenvalue weighted by Gasteiger charge is -2.37. The molecule has 4 rings (SSSR count). The summed E-state index contributed by atoms with van der Waals surface area (Å²) < 4.78 is 169. The lowest BCUT2D eigenvalue weighted by molar-refractivity contribution is -0.274. The normalized spacial score (nSPS) is 13.6. The maximum absolute atomic E-state index is 15.0. The third kappa shape index (κ3) is 8.48. The Labute approximate surface area is 257 Å². The number of benzene rings is 4. The number of rotatable bonds is 10. The van der Waals surface area contributed by atoms with E-state index >= 15 is 0 Å². The van der Waals surface area contributed by atoms with Gasteiger partial charge in [0.05, 0.1) is 11.1 Å². The Morgan fingerprint density at radius 1 is 0.702 bits per heavy atom. The van der Waals surface area contributed by atoms with E-state index in [1.54, 1.807) is 6.07 Å². The van der Waals surface area contributed by atoms with Crippen molar-refractivity contribution in [3.05, 3.63) is 130 Å². The predicted molar refractivity (Wildman–Crippen MR) is 141 cm³/mol. The number of nitrogens with one attached hydrogen (secondary N) is 1. The predicted octanol–water partition coefficient (Wildman–Crippen LogP) is 9.04. The first-order valence-corrected chi connectivity index (χ1v) is 13.0. The first kappa shape index (κ1) is 35.0. The third-order valence-corrected chi connectivity index (χ3v) is 6.63. The minimum absolute atomic E-state index is 0.168. The Morgan fingerprint density at radius 3 is 1.91 bits per heavy atom. The molecule has 1 N–H and O–H groups in total. The van der Waals surface area contributed by atoms with Gasteiger partial charge in [-0.05, 0) is 59.2 Å². The summed E-state index contributed by atoms with van der Waals surface area (Å²) in [5.41, 5.74) is -5.31. The number of alkyl halides is 10. The second-order valence-corrected chi connectivity index (χ2v) is 9.93. The summed E-state index contributed by atoms with van der Waals surface area (Å²) in [6.45, 7) is 0. The zero-order valence-electron chi connectivity index (χ0n) is 23.2. The van der Waals surface area contributed by atoms with E-state index in [0.29, 0.717) is 35.9 Å². The fourth-order valence-electron chi connectivity index (χ4n) is 4.62. The number of hydrogen-bond acceptors (Lipinski definition) is 3. The number of halogens is 12. The Hall–Kier alpha value is -4.89. The van der Waals surface area contributed by atoms with Gasteiger partial charge < -0.3 is 14.8 Å². The third-order valence-electron chi connectivity index (χ3n) is 6.63. The van der Waals surface area contributed by atoms with Gasteiger partial charge in [-0.3, -0.25) is 4.79 Å². The number of amides is 1. The summed E-state index contributed by atoms with van der Waals surface area (Å²) in [6.07, 6.45) is -20.4. The average Bonchev–Trinajstić information content (AvgIpc) is 2.96. The molecule has 0 bridgehead atoms. The molecule has 0 fully saturated rings. The molecule has 0 spiro atoms. The fraction of sp³-hybridized carbons (Fsp3) is 0.194. The van der Waals surface area contributed by atoms with Gasteiger partial charge in [0.2, 0.25) is 0 Å². The maximum Gasteiger partial charge on any atom is 0.573 e. The van der Waals surface area contributed by atoms with Crippen molar-refractivity contribution in [1.82, 2.24) is 5.32 Å². The van der Waals surface area contributed by atoms with Gasteiger partial charge in [-0.25, -0.2) is 8.78 Å². The minimum Gasteiger partial charge on any atom is -0.428 e. The van der Waals surface area contributed by atoms with Gasteiger partial charge in [-0.2, -0.15) is 30.7 Å². The van der Waals surface area contributed by atoms with Crippen LogP contribution in [0.1, 0.15) is 32.6 Å². The summed E-state index contributed by atoms with van der Waals surface area (Å²) in [7, 11) is 0. The second-order valence-electron chi connectivity index (χ2n) is 9.93. The van der Waals surface area contributed by atoms with Gasteiger partial charge >= 0.3 is 25.1 Å². The first-order chi connectivity index (χ1) is 21.8. The quantitative estimate of drug-likeness (QED) is 0.170. The highest BCUT2D eigenvalue weighted by Gasteiger charge is 2.45. The molecule has 0 aromatic heterocycles. The van der Waals surface area contributed by atoms with E-state index in [0.717, 1.165) is 24.3 Å². The van der Waals surface area contributed by atoms with Crippen molar-refractivity contribution < 1.29 is 67.0 Å². The lowest BCUT2D eigenvalue weighted by Crippen LogP contribution is -2.48. The average molecular weight is 681 g/mol. The van der Waals surface area contributed by atoms with Crippen molar-refractivity contribution >= 4 is 5.91 Å². The summed E-state index contributed by atoms with van der Waals surface area (Å²) in [6, 6.07) is 13.7. The first-order valence-electron chi connectivity index (χ1n) is 13.0. The molecule has 1 atom stereocenters. The molecule has 4 nitrogen and oxygen atoms in total. The highest BCUT2D eigenvalue weighted by Crippen LogP contribution is 2.39. The molecule has 16 heteroatoms. The van der Waals surface area contributed by atoms with E-state index in [4.69, 9.17) is 0 Å². The van der Waals surface area contributed by atoms with Crippen molar-refractivity contribution in [2.24, 2.45) is 0 Å². The Kier molecular flexibility index (Phi) is 9.73. The van der Waals surface area contributed by atoms with Crippen LogP contribution in [0.4, 0.5) is 52.7 Å². The number of hydrogen-bond donors (Lipinski definition) is 1. The molecule has 1 unspecified atom stereocenters. The monoisotopic (exact) mass is 681 g/mol. The fourth-order valence-corrected chi connectivity index (χ4v) is 4.62. The van der Waals surface area contributed by atoms with Crippen molar-refractivity contribution in [1.29, 1.82) is 0 Å². The Balaban J connectivity index is 1.97. The smallest absolute Gasteiger partial charge is 0.428 e. The van der Waals surface area contributed by atoms with Crippen LogP contribution in [-0.2, 0) is 18.1 Å². The van der Waals surface area contributed by atoms with Crippen LogP contribution in [0.5, 0.6) is 11.5 Å². The Bertz CT molecular complexity index is 1710. The highest BCUT2D eigenvalue weighted by molar-refractivity contribution is 5.95. The zero-order chi connectivity index (χ0) is 34.8. The second kappa shape index (κ2) is 13.1. The van der Waals surface area contributed by atoms with E-state index in [1.807, 2.05) is 0 Å². The molecule has 4 aromatic carbocycles. The lowest BCUT2D eigenvalue weighted by atomic mass is 9.77.